The molecule has 1 heterocycles. The second-order valence-electron chi connectivity index (χ2n) is 7.90. The lowest BCUT2D eigenvalue weighted by atomic mass is 9.92. The molecule has 1 aromatic heterocycles. The zero-order valence-corrected chi connectivity index (χ0v) is 17.2. The van der Waals surface area contributed by atoms with Crippen LogP contribution in [-0.4, -0.2) is 28.1 Å². The van der Waals surface area contributed by atoms with Crippen LogP contribution in [0.3, 0.4) is 0 Å². The van der Waals surface area contributed by atoms with Gasteiger partial charge in [0.2, 0.25) is 5.91 Å². The maximum absolute atomic E-state index is 13.0. The summed E-state index contributed by atoms with van der Waals surface area (Å²) < 4.78 is 1.69. The van der Waals surface area contributed by atoms with Crippen LogP contribution in [0.2, 0.25) is 0 Å². The molecule has 0 saturated heterocycles. The molecule has 150 valence electrons. The minimum atomic E-state index is -0.842. The van der Waals surface area contributed by atoms with Gasteiger partial charge in [0.25, 0.3) is 5.91 Å². The number of rotatable bonds is 6. The lowest BCUT2D eigenvalue weighted by molar-refractivity contribution is -0.125. The number of carbonyl (C=O) groups is 2. The largest absolute Gasteiger partial charge is 0.369 e. The van der Waals surface area contributed by atoms with E-state index in [1.807, 2.05) is 62.4 Å². The summed E-state index contributed by atoms with van der Waals surface area (Å²) in [6.07, 6.45) is 1.71. The van der Waals surface area contributed by atoms with Crippen molar-refractivity contribution < 1.29 is 9.59 Å². The molecule has 0 aliphatic carbocycles. The second-order valence-corrected chi connectivity index (χ2v) is 7.90. The number of hydrogen-bond acceptors (Lipinski definition) is 3. The first-order valence-corrected chi connectivity index (χ1v) is 9.50. The molecule has 0 aliphatic heterocycles. The van der Waals surface area contributed by atoms with Crippen LogP contribution in [0.4, 0.5) is 0 Å². The zero-order valence-electron chi connectivity index (χ0n) is 17.2. The first-order chi connectivity index (χ1) is 13.7. The Morgan fingerprint density at radius 1 is 1.07 bits per heavy atom. The third-order valence-corrected chi connectivity index (χ3v) is 5.12. The summed E-state index contributed by atoms with van der Waals surface area (Å²) in [5.74, 6) is -0.762. The summed E-state index contributed by atoms with van der Waals surface area (Å²) >= 11 is 0. The van der Waals surface area contributed by atoms with Gasteiger partial charge in [-0.15, -0.1) is 0 Å². The number of carbonyl (C=O) groups excluding carboxylic acids is 2. The van der Waals surface area contributed by atoms with E-state index >= 15 is 0 Å². The molecule has 0 radical (unpaired) electrons. The second kappa shape index (κ2) is 7.91. The van der Waals surface area contributed by atoms with Gasteiger partial charge in [-0.1, -0.05) is 30.3 Å². The highest BCUT2D eigenvalue weighted by Gasteiger charge is 2.27. The fourth-order valence-corrected chi connectivity index (χ4v) is 2.84. The van der Waals surface area contributed by atoms with Crippen molar-refractivity contribution in [3.8, 4) is 16.9 Å². The number of benzene rings is 2. The molecule has 6 nitrogen and oxygen atoms in total. The van der Waals surface area contributed by atoms with Crippen LogP contribution in [0.15, 0.2) is 54.7 Å². The Balaban J connectivity index is 2.02. The molecule has 3 rings (SSSR count). The number of primary amides is 1. The van der Waals surface area contributed by atoms with Crippen LogP contribution >= 0.6 is 0 Å². The van der Waals surface area contributed by atoms with E-state index in [9.17, 15) is 9.59 Å². The predicted molar refractivity (Wildman–Crippen MR) is 114 cm³/mol. The third-order valence-electron chi connectivity index (χ3n) is 5.12. The number of nitrogens with zero attached hydrogens (tertiary/aromatic N) is 2. The number of amides is 2. The SMILES string of the molecule is Cc1ccc(-c2nn(-c3ccccc3)cc2C(=O)NCC(C)(C)C(N)=O)cc1C. The Hall–Kier alpha value is -3.41. The van der Waals surface area contributed by atoms with Crippen molar-refractivity contribution in [2.45, 2.75) is 27.7 Å². The molecule has 2 aromatic carbocycles. The monoisotopic (exact) mass is 390 g/mol. The summed E-state index contributed by atoms with van der Waals surface area (Å²) in [7, 11) is 0. The minimum Gasteiger partial charge on any atom is -0.369 e. The van der Waals surface area contributed by atoms with Crippen LogP contribution in [0, 0.1) is 19.3 Å². The molecule has 2 amide bonds. The molecule has 0 bridgehead atoms. The lowest BCUT2D eigenvalue weighted by Crippen LogP contribution is -2.42. The maximum Gasteiger partial charge on any atom is 0.255 e. The van der Waals surface area contributed by atoms with Crippen molar-refractivity contribution in [2.24, 2.45) is 11.1 Å². The van der Waals surface area contributed by atoms with Crippen LogP contribution in [0.25, 0.3) is 16.9 Å². The topological polar surface area (TPSA) is 90.0 Å². The number of nitrogens with two attached hydrogens (primary N) is 1. The highest BCUT2D eigenvalue weighted by molar-refractivity contribution is 6.00. The van der Waals surface area contributed by atoms with Crippen LogP contribution in [0.1, 0.15) is 35.3 Å². The van der Waals surface area contributed by atoms with Gasteiger partial charge in [-0.05, 0) is 57.0 Å². The van der Waals surface area contributed by atoms with Gasteiger partial charge >= 0.3 is 0 Å². The van der Waals surface area contributed by atoms with E-state index < -0.39 is 11.3 Å². The van der Waals surface area contributed by atoms with Gasteiger partial charge < -0.3 is 11.1 Å². The highest BCUT2D eigenvalue weighted by atomic mass is 16.2. The maximum atomic E-state index is 13.0. The van der Waals surface area contributed by atoms with E-state index in [1.54, 1.807) is 24.7 Å². The lowest BCUT2D eigenvalue weighted by Gasteiger charge is -2.20. The first kappa shape index (κ1) is 20.3. The Morgan fingerprint density at radius 2 is 1.76 bits per heavy atom. The summed E-state index contributed by atoms with van der Waals surface area (Å²) in [4.78, 5) is 24.6. The third kappa shape index (κ3) is 4.37. The van der Waals surface area contributed by atoms with Crippen molar-refractivity contribution in [1.29, 1.82) is 0 Å². The van der Waals surface area contributed by atoms with Crippen molar-refractivity contribution >= 4 is 11.8 Å². The fourth-order valence-electron chi connectivity index (χ4n) is 2.84. The molecule has 0 atom stereocenters. The number of hydrogen-bond donors (Lipinski definition) is 2. The fraction of sp³-hybridized carbons (Fsp3) is 0.261. The standard InChI is InChI=1S/C23H26N4O2/c1-15-10-11-17(12-16(15)2)20-19(21(28)25-14-23(3,4)22(24)29)13-27(26-20)18-8-6-5-7-9-18/h5-13H,14H2,1-4H3,(H2,24,29)(H,25,28). The van der Waals surface area contributed by atoms with Gasteiger partial charge in [0.05, 0.1) is 16.7 Å². The van der Waals surface area contributed by atoms with Gasteiger partial charge in [0.1, 0.15) is 5.69 Å². The Morgan fingerprint density at radius 3 is 2.38 bits per heavy atom. The molecular weight excluding hydrogens is 364 g/mol. The number of aromatic nitrogens is 2. The van der Waals surface area contributed by atoms with E-state index in [2.05, 4.69) is 10.4 Å². The van der Waals surface area contributed by atoms with Gasteiger partial charge in [-0.3, -0.25) is 9.59 Å². The normalized spacial score (nSPS) is 11.3. The van der Waals surface area contributed by atoms with Crippen molar-refractivity contribution in [3.63, 3.8) is 0 Å². The summed E-state index contributed by atoms with van der Waals surface area (Å²) in [5.41, 5.74) is 9.62. The average Bonchev–Trinajstić information content (AvgIpc) is 3.14. The summed E-state index contributed by atoms with van der Waals surface area (Å²) in [6.45, 7) is 7.62. The average molecular weight is 390 g/mol. The minimum absolute atomic E-state index is 0.143. The molecule has 0 unspecified atom stereocenters. The molecule has 0 fully saturated rings. The summed E-state index contributed by atoms with van der Waals surface area (Å²) in [5, 5.41) is 7.51. The Kier molecular flexibility index (Phi) is 5.55. The van der Waals surface area contributed by atoms with E-state index in [4.69, 9.17) is 5.73 Å². The first-order valence-electron chi connectivity index (χ1n) is 9.50. The van der Waals surface area contributed by atoms with E-state index in [0.717, 1.165) is 16.8 Å². The molecule has 0 spiro atoms. The van der Waals surface area contributed by atoms with Crippen LogP contribution < -0.4 is 11.1 Å². The summed E-state index contributed by atoms with van der Waals surface area (Å²) in [6, 6.07) is 15.6. The van der Waals surface area contributed by atoms with E-state index in [0.29, 0.717) is 11.3 Å². The smallest absolute Gasteiger partial charge is 0.255 e. The van der Waals surface area contributed by atoms with Gasteiger partial charge in [0.15, 0.2) is 0 Å². The van der Waals surface area contributed by atoms with E-state index in [-0.39, 0.29) is 12.5 Å². The van der Waals surface area contributed by atoms with Crippen molar-refractivity contribution in [3.05, 3.63) is 71.4 Å². The number of aryl methyl sites for hydroxylation is 2. The molecule has 3 aromatic rings. The molecule has 6 heteroatoms. The van der Waals surface area contributed by atoms with Gasteiger partial charge in [-0.25, -0.2) is 4.68 Å². The molecular formula is C23H26N4O2. The van der Waals surface area contributed by atoms with Crippen LogP contribution in [0.5, 0.6) is 0 Å². The molecule has 29 heavy (non-hydrogen) atoms. The predicted octanol–water partition coefficient (Wildman–Crippen LogP) is 3.40. The quantitative estimate of drug-likeness (QED) is 0.676. The van der Waals surface area contributed by atoms with E-state index in [1.165, 1.54) is 5.56 Å². The van der Waals surface area contributed by atoms with Crippen molar-refractivity contribution in [1.82, 2.24) is 15.1 Å². The number of nitrogens with one attached hydrogen (secondary N) is 1. The Bertz CT molecular complexity index is 1050. The highest BCUT2D eigenvalue weighted by Crippen LogP contribution is 2.26. The zero-order chi connectivity index (χ0) is 21.2. The molecule has 0 aliphatic rings. The van der Waals surface area contributed by atoms with Crippen LogP contribution in [-0.2, 0) is 4.79 Å². The van der Waals surface area contributed by atoms with Gasteiger partial charge in [0, 0.05) is 18.3 Å². The number of para-hydroxylation sites is 1. The molecule has 0 saturated carbocycles. The Labute approximate surface area is 170 Å². The van der Waals surface area contributed by atoms with Gasteiger partial charge in [-0.2, -0.15) is 5.10 Å². The van der Waals surface area contributed by atoms with Crippen molar-refractivity contribution in [2.75, 3.05) is 6.54 Å². The molecule has 3 N–H and O–H groups in total.